The van der Waals surface area contributed by atoms with Crippen molar-refractivity contribution < 1.29 is 8.42 Å². The highest BCUT2D eigenvalue weighted by Gasteiger charge is 2.13. The zero-order valence-corrected chi connectivity index (χ0v) is 17.2. The number of hydrogen-bond donors (Lipinski definition) is 2. The molecule has 10 heteroatoms. The van der Waals surface area contributed by atoms with Crippen LogP contribution in [0, 0.1) is 0 Å². The van der Waals surface area contributed by atoms with Crippen LogP contribution in [0.2, 0.25) is 0 Å². The number of hydrogen-bond acceptors (Lipinski definition) is 6. The minimum absolute atomic E-state index is 0.283. The molecule has 2 aromatic carbocycles. The van der Waals surface area contributed by atoms with E-state index in [0.29, 0.717) is 29.2 Å². The molecule has 2 heterocycles. The molecule has 0 fully saturated rings. The van der Waals surface area contributed by atoms with Crippen LogP contribution in [0.5, 0.6) is 0 Å². The third-order valence-corrected chi connectivity index (χ3v) is 5.90. The number of fused-ring (bicyclic) bond motifs is 1. The molecule has 30 heavy (non-hydrogen) atoms. The molecule has 0 radical (unpaired) electrons. The summed E-state index contributed by atoms with van der Waals surface area (Å²) in [4.78, 5) is 19.6. The van der Waals surface area contributed by atoms with Crippen LogP contribution < -0.4 is 15.2 Å². The maximum atomic E-state index is 12.4. The molecule has 4 rings (SSSR count). The Hall–Kier alpha value is -3.66. The van der Waals surface area contributed by atoms with Gasteiger partial charge in [-0.25, -0.2) is 13.1 Å². The van der Waals surface area contributed by atoms with E-state index < -0.39 is 10.0 Å². The van der Waals surface area contributed by atoms with Crippen molar-refractivity contribution in [3.63, 3.8) is 0 Å². The lowest BCUT2D eigenvalue weighted by Crippen LogP contribution is -2.24. The molecular weight excluding hydrogens is 404 g/mol. The highest BCUT2D eigenvalue weighted by atomic mass is 32.2. The summed E-state index contributed by atoms with van der Waals surface area (Å²) in [5.74, 6) is 0.322. The van der Waals surface area contributed by atoms with Crippen molar-refractivity contribution in [3.05, 3.63) is 76.7 Å². The van der Waals surface area contributed by atoms with E-state index in [4.69, 9.17) is 0 Å². The molecule has 0 aliphatic rings. The van der Waals surface area contributed by atoms with Crippen molar-refractivity contribution >= 4 is 32.7 Å². The van der Waals surface area contributed by atoms with Gasteiger partial charge >= 0.3 is 0 Å². The Balaban J connectivity index is 1.57. The summed E-state index contributed by atoms with van der Waals surface area (Å²) in [5.41, 5.74) is 2.45. The molecule has 9 nitrogen and oxygen atoms in total. The van der Waals surface area contributed by atoms with Crippen LogP contribution in [-0.4, -0.2) is 41.5 Å². The van der Waals surface area contributed by atoms with Gasteiger partial charge in [0, 0.05) is 13.6 Å². The number of anilines is 2. The van der Waals surface area contributed by atoms with E-state index in [0.717, 1.165) is 17.5 Å². The molecule has 2 aromatic heterocycles. The number of H-pyrrole nitrogens is 1. The van der Waals surface area contributed by atoms with Crippen molar-refractivity contribution in [1.29, 1.82) is 0 Å². The van der Waals surface area contributed by atoms with E-state index >= 15 is 0 Å². The summed E-state index contributed by atoms with van der Waals surface area (Å²) in [6.45, 7) is 0.400. The van der Waals surface area contributed by atoms with Gasteiger partial charge in [-0.05, 0) is 29.8 Å². The van der Waals surface area contributed by atoms with Gasteiger partial charge in [0.05, 0.1) is 23.8 Å². The molecule has 0 amide bonds. The number of sulfonamides is 1. The Morgan fingerprint density at radius 2 is 1.80 bits per heavy atom. The minimum Gasteiger partial charge on any atom is -0.352 e. The first-order chi connectivity index (χ1) is 14.3. The van der Waals surface area contributed by atoms with Crippen molar-refractivity contribution in [1.82, 2.24) is 19.7 Å². The van der Waals surface area contributed by atoms with Gasteiger partial charge < -0.3 is 5.32 Å². The molecular formula is C20H20N6O3S. The Morgan fingerprint density at radius 3 is 2.47 bits per heavy atom. The smallest absolute Gasteiger partial charge is 0.263 e. The quantitative estimate of drug-likeness (QED) is 0.490. The van der Waals surface area contributed by atoms with Crippen LogP contribution in [-0.2, 0) is 16.6 Å². The van der Waals surface area contributed by atoms with Crippen molar-refractivity contribution in [3.8, 4) is 5.69 Å². The van der Waals surface area contributed by atoms with Gasteiger partial charge in [0.2, 0.25) is 16.0 Å². The molecule has 0 spiro atoms. The van der Waals surface area contributed by atoms with E-state index in [2.05, 4.69) is 20.4 Å². The van der Waals surface area contributed by atoms with Gasteiger partial charge in [-0.15, -0.1) is 0 Å². The Morgan fingerprint density at radius 1 is 1.10 bits per heavy atom. The number of para-hydroxylation sites is 1. The highest BCUT2D eigenvalue weighted by Crippen LogP contribution is 2.18. The van der Waals surface area contributed by atoms with Crippen molar-refractivity contribution in [2.24, 2.45) is 0 Å². The summed E-state index contributed by atoms with van der Waals surface area (Å²) < 4.78 is 26.1. The van der Waals surface area contributed by atoms with Gasteiger partial charge in [0.1, 0.15) is 5.39 Å². The second-order valence-electron chi connectivity index (χ2n) is 6.79. The topological polar surface area (TPSA) is 113 Å². The second-order valence-corrected chi connectivity index (χ2v) is 8.81. The lowest BCUT2D eigenvalue weighted by atomic mass is 10.2. The van der Waals surface area contributed by atoms with Crippen LogP contribution in [0.25, 0.3) is 16.7 Å². The van der Waals surface area contributed by atoms with Crippen LogP contribution in [0.3, 0.4) is 0 Å². The third kappa shape index (κ3) is 3.90. The lowest BCUT2D eigenvalue weighted by Gasteiger charge is -2.16. The van der Waals surface area contributed by atoms with Crippen LogP contribution in [0.15, 0.2) is 65.6 Å². The van der Waals surface area contributed by atoms with E-state index in [-0.39, 0.29) is 5.56 Å². The molecule has 0 unspecified atom stereocenters. The molecule has 0 saturated heterocycles. The number of nitrogens with zero attached hydrogens (tertiary/aromatic N) is 4. The van der Waals surface area contributed by atoms with Gasteiger partial charge in [-0.3, -0.25) is 14.1 Å². The Labute approximate surface area is 173 Å². The summed E-state index contributed by atoms with van der Waals surface area (Å²) in [7, 11) is -1.81. The zero-order chi connectivity index (χ0) is 21.3. The molecule has 0 atom stereocenters. The van der Waals surface area contributed by atoms with Crippen LogP contribution in [0.1, 0.15) is 5.56 Å². The first kappa shape index (κ1) is 19.6. The first-order valence-electron chi connectivity index (χ1n) is 9.13. The minimum atomic E-state index is -3.31. The summed E-state index contributed by atoms with van der Waals surface area (Å²) >= 11 is 0. The van der Waals surface area contributed by atoms with Crippen molar-refractivity contribution in [2.75, 3.05) is 22.9 Å². The molecule has 154 valence electrons. The average molecular weight is 424 g/mol. The highest BCUT2D eigenvalue weighted by molar-refractivity contribution is 7.92. The Bertz CT molecular complexity index is 1350. The Kier molecular flexibility index (Phi) is 5.00. The SMILES string of the molecule is CN(c1ccc(CNc2nc3c(cnn3-c3ccccc3)c(=O)[nH]2)cc1)S(C)(=O)=O. The van der Waals surface area contributed by atoms with E-state index in [9.17, 15) is 13.2 Å². The largest absolute Gasteiger partial charge is 0.352 e. The van der Waals surface area contributed by atoms with Crippen molar-refractivity contribution in [2.45, 2.75) is 6.54 Å². The lowest BCUT2D eigenvalue weighted by molar-refractivity contribution is 0.600. The second kappa shape index (κ2) is 7.64. The summed E-state index contributed by atoms with van der Waals surface area (Å²) in [5, 5.41) is 7.79. The molecule has 4 aromatic rings. The third-order valence-electron chi connectivity index (χ3n) is 4.70. The maximum absolute atomic E-state index is 12.4. The van der Waals surface area contributed by atoms with E-state index in [1.165, 1.54) is 17.5 Å². The van der Waals surface area contributed by atoms with Crippen LogP contribution in [0.4, 0.5) is 11.6 Å². The maximum Gasteiger partial charge on any atom is 0.263 e. The number of aromatic nitrogens is 4. The number of nitrogens with one attached hydrogen (secondary N) is 2. The predicted molar refractivity (Wildman–Crippen MR) is 117 cm³/mol. The fourth-order valence-electron chi connectivity index (χ4n) is 2.96. The molecule has 0 bridgehead atoms. The van der Waals surface area contributed by atoms with E-state index in [1.54, 1.807) is 16.8 Å². The summed E-state index contributed by atoms with van der Waals surface area (Å²) in [6.07, 6.45) is 2.65. The molecule has 2 N–H and O–H groups in total. The normalized spacial score (nSPS) is 11.5. The fourth-order valence-corrected chi connectivity index (χ4v) is 3.47. The standard InChI is InChI=1S/C20H20N6O3S/c1-25(30(2,28)29)15-10-8-14(9-11-15)12-21-20-23-18-17(19(27)24-20)13-22-26(18)16-6-4-3-5-7-16/h3-11,13H,12H2,1-2H3,(H2,21,23,24,27). The van der Waals surface area contributed by atoms with Crippen LogP contribution >= 0.6 is 0 Å². The average Bonchev–Trinajstić information content (AvgIpc) is 3.17. The monoisotopic (exact) mass is 424 g/mol. The fraction of sp³-hybridized carbons (Fsp3) is 0.150. The first-order valence-corrected chi connectivity index (χ1v) is 11.0. The number of aromatic amines is 1. The van der Waals surface area contributed by atoms with Gasteiger partial charge in [-0.1, -0.05) is 30.3 Å². The molecule has 0 aliphatic heterocycles. The molecule has 0 saturated carbocycles. The molecule has 0 aliphatic carbocycles. The van der Waals surface area contributed by atoms with E-state index in [1.807, 2.05) is 42.5 Å². The van der Waals surface area contributed by atoms with Gasteiger partial charge in [-0.2, -0.15) is 10.1 Å². The van der Waals surface area contributed by atoms with Gasteiger partial charge in [0.15, 0.2) is 5.65 Å². The number of rotatable bonds is 6. The summed E-state index contributed by atoms with van der Waals surface area (Å²) in [6, 6.07) is 16.5. The zero-order valence-electron chi connectivity index (χ0n) is 16.4. The van der Waals surface area contributed by atoms with Gasteiger partial charge in [0.25, 0.3) is 5.56 Å². The number of benzene rings is 2. The predicted octanol–water partition coefficient (Wildman–Crippen LogP) is 2.12.